The average molecular weight is 457 g/mol. The molecule has 1 aromatic heterocycles. The van der Waals surface area contributed by atoms with Gasteiger partial charge in [-0.05, 0) is 80.8 Å². The fourth-order valence-electron chi connectivity index (χ4n) is 3.38. The van der Waals surface area contributed by atoms with Crippen molar-refractivity contribution in [2.24, 2.45) is 0 Å². The fourth-order valence-corrected chi connectivity index (χ4v) is 3.63. The van der Waals surface area contributed by atoms with E-state index in [0.29, 0.717) is 15.8 Å². The summed E-state index contributed by atoms with van der Waals surface area (Å²) in [5.41, 5.74) is 1.14. The minimum Gasteiger partial charge on any atom is -0.478 e. The van der Waals surface area contributed by atoms with Crippen molar-refractivity contribution in [3.8, 4) is 5.75 Å². The van der Waals surface area contributed by atoms with Crippen LogP contribution < -0.4 is 10.1 Å². The van der Waals surface area contributed by atoms with E-state index in [4.69, 9.17) is 27.9 Å². The number of carbonyl (C=O) groups is 1. The second-order valence-corrected chi connectivity index (χ2v) is 8.92. The molecule has 0 aliphatic rings. The number of halogens is 2. The van der Waals surface area contributed by atoms with Crippen LogP contribution in [0.25, 0.3) is 0 Å². The van der Waals surface area contributed by atoms with Crippen LogP contribution in [-0.4, -0.2) is 22.5 Å². The molecule has 0 fully saturated rings. The van der Waals surface area contributed by atoms with Crippen LogP contribution in [-0.2, 0) is 11.2 Å². The van der Waals surface area contributed by atoms with Crippen molar-refractivity contribution in [3.63, 3.8) is 0 Å². The first-order chi connectivity index (χ1) is 14.7. The first kappa shape index (κ1) is 23.1. The first-order valence-corrected chi connectivity index (χ1v) is 10.9. The lowest BCUT2D eigenvalue weighted by Gasteiger charge is -2.31. The zero-order valence-electron chi connectivity index (χ0n) is 17.8. The van der Waals surface area contributed by atoms with Crippen LogP contribution in [0.2, 0.25) is 10.0 Å². The van der Waals surface area contributed by atoms with Gasteiger partial charge < -0.3 is 10.1 Å². The number of benzene rings is 2. The molecule has 0 radical (unpaired) electrons. The quantitative estimate of drug-likeness (QED) is 0.446. The number of hydrogen-bond donors (Lipinski definition) is 1. The highest BCUT2D eigenvalue weighted by molar-refractivity contribution is 6.30. The number of ether oxygens (including phenoxy) is 1. The first-order valence-electron chi connectivity index (χ1n) is 10.1. The van der Waals surface area contributed by atoms with Crippen LogP contribution in [0.4, 0.5) is 0 Å². The molecule has 3 aromatic rings. The number of pyridine rings is 1. The van der Waals surface area contributed by atoms with Gasteiger partial charge in [-0.2, -0.15) is 0 Å². The van der Waals surface area contributed by atoms with Crippen LogP contribution in [0.1, 0.15) is 37.8 Å². The third-order valence-electron chi connectivity index (χ3n) is 5.18. The molecule has 0 aliphatic heterocycles. The van der Waals surface area contributed by atoms with E-state index in [-0.39, 0.29) is 17.9 Å². The monoisotopic (exact) mass is 456 g/mol. The van der Waals surface area contributed by atoms with Crippen molar-refractivity contribution in [2.75, 3.05) is 0 Å². The number of amides is 1. The Balaban J connectivity index is 1.75. The van der Waals surface area contributed by atoms with Gasteiger partial charge in [-0.15, -0.1) is 0 Å². The van der Waals surface area contributed by atoms with Crippen molar-refractivity contribution >= 4 is 29.1 Å². The molecule has 1 N–H and O–H groups in total. The molecule has 4 nitrogen and oxygen atoms in total. The van der Waals surface area contributed by atoms with Crippen LogP contribution in [0, 0.1) is 0 Å². The summed E-state index contributed by atoms with van der Waals surface area (Å²) < 4.78 is 5.94. The van der Waals surface area contributed by atoms with E-state index in [1.54, 1.807) is 44.3 Å². The minimum absolute atomic E-state index is 0.0326. The summed E-state index contributed by atoms with van der Waals surface area (Å²) in [4.78, 5) is 17.3. The predicted octanol–water partition coefficient (Wildman–Crippen LogP) is 6.08. The van der Waals surface area contributed by atoms with Gasteiger partial charge in [0.05, 0.1) is 0 Å². The van der Waals surface area contributed by atoms with Gasteiger partial charge in [0.25, 0.3) is 5.91 Å². The Morgan fingerprint density at radius 2 is 1.65 bits per heavy atom. The maximum absolute atomic E-state index is 13.1. The zero-order valence-corrected chi connectivity index (χ0v) is 19.3. The van der Waals surface area contributed by atoms with E-state index in [1.165, 1.54) is 0 Å². The average Bonchev–Trinajstić information content (AvgIpc) is 2.75. The Kier molecular flexibility index (Phi) is 7.58. The van der Waals surface area contributed by atoms with Gasteiger partial charge in [-0.25, -0.2) is 0 Å². The third kappa shape index (κ3) is 6.46. The molecule has 1 amide bonds. The number of hydrogen-bond acceptors (Lipinski definition) is 3. The second kappa shape index (κ2) is 10.2. The summed E-state index contributed by atoms with van der Waals surface area (Å²) >= 11 is 12.0. The number of carbonyl (C=O) groups excluding carboxylic acids is 1. The number of nitrogens with zero attached hydrogens (tertiary/aromatic N) is 1. The molecule has 6 heteroatoms. The Labute approximate surface area is 193 Å². The molecule has 1 heterocycles. The maximum atomic E-state index is 13.1. The lowest BCUT2D eigenvalue weighted by atomic mass is 9.87. The highest BCUT2D eigenvalue weighted by atomic mass is 35.5. The standard InChI is InChI=1S/C25H26Cl2N2O2/c1-17(29-24(30)25(2,3)31-22-12-10-21(27)11-13-22)23(19-5-4-14-28-16-19)15-18-6-8-20(26)9-7-18/h4-14,16-17,23H,15H2,1-3H3,(H,29,30). The van der Waals surface area contributed by atoms with Gasteiger partial charge in [0, 0.05) is 34.4 Å². The number of rotatable bonds is 8. The van der Waals surface area contributed by atoms with Crippen molar-refractivity contribution in [2.45, 2.75) is 44.8 Å². The number of aromatic nitrogens is 1. The van der Waals surface area contributed by atoms with Crippen LogP contribution in [0.3, 0.4) is 0 Å². The summed E-state index contributed by atoms with van der Waals surface area (Å²) in [6.45, 7) is 5.51. The van der Waals surface area contributed by atoms with E-state index in [1.807, 2.05) is 49.5 Å². The van der Waals surface area contributed by atoms with Crippen LogP contribution in [0.5, 0.6) is 5.75 Å². The SMILES string of the molecule is CC(NC(=O)C(C)(C)Oc1ccc(Cl)cc1)C(Cc1ccc(Cl)cc1)c1cccnc1. The van der Waals surface area contributed by atoms with Gasteiger partial charge in [0.2, 0.25) is 0 Å². The van der Waals surface area contributed by atoms with Crippen molar-refractivity contribution in [1.82, 2.24) is 10.3 Å². The fraction of sp³-hybridized carbons (Fsp3) is 0.280. The lowest BCUT2D eigenvalue weighted by molar-refractivity contribution is -0.135. The van der Waals surface area contributed by atoms with Gasteiger partial charge in [0.1, 0.15) is 5.75 Å². The molecule has 162 valence electrons. The van der Waals surface area contributed by atoms with E-state index < -0.39 is 5.60 Å². The van der Waals surface area contributed by atoms with Crippen LogP contribution >= 0.6 is 23.2 Å². The number of nitrogens with one attached hydrogen (secondary N) is 1. The Bertz CT molecular complexity index is 990. The van der Waals surface area contributed by atoms with Crippen molar-refractivity contribution in [3.05, 3.63) is 94.2 Å². The molecule has 0 saturated carbocycles. The second-order valence-electron chi connectivity index (χ2n) is 8.05. The van der Waals surface area contributed by atoms with Crippen LogP contribution in [0.15, 0.2) is 73.1 Å². The molecular formula is C25H26Cl2N2O2. The van der Waals surface area contributed by atoms with E-state index in [9.17, 15) is 4.79 Å². The molecule has 3 rings (SSSR count). The highest BCUT2D eigenvalue weighted by Gasteiger charge is 2.33. The van der Waals surface area contributed by atoms with Gasteiger partial charge in [0.15, 0.2) is 5.60 Å². The smallest absolute Gasteiger partial charge is 0.263 e. The molecule has 2 atom stereocenters. The van der Waals surface area contributed by atoms with E-state index in [2.05, 4.69) is 10.3 Å². The zero-order chi connectivity index (χ0) is 22.4. The van der Waals surface area contributed by atoms with Crippen molar-refractivity contribution < 1.29 is 9.53 Å². The molecule has 0 spiro atoms. The predicted molar refractivity (Wildman–Crippen MR) is 126 cm³/mol. The molecule has 0 bridgehead atoms. The Hall–Kier alpha value is -2.56. The summed E-state index contributed by atoms with van der Waals surface area (Å²) in [7, 11) is 0. The Morgan fingerprint density at radius 1 is 1.03 bits per heavy atom. The lowest BCUT2D eigenvalue weighted by Crippen LogP contribution is -2.51. The normalized spacial score (nSPS) is 13.3. The minimum atomic E-state index is -1.05. The van der Waals surface area contributed by atoms with Gasteiger partial charge in [-0.1, -0.05) is 41.4 Å². The molecule has 31 heavy (non-hydrogen) atoms. The molecule has 0 saturated heterocycles. The van der Waals surface area contributed by atoms with Gasteiger partial charge in [-0.3, -0.25) is 9.78 Å². The summed E-state index contributed by atoms with van der Waals surface area (Å²) in [5.74, 6) is 0.423. The topological polar surface area (TPSA) is 51.2 Å². The Morgan fingerprint density at radius 3 is 2.23 bits per heavy atom. The van der Waals surface area contributed by atoms with Gasteiger partial charge >= 0.3 is 0 Å². The maximum Gasteiger partial charge on any atom is 0.263 e. The molecular weight excluding hydrogens is 431 g/mol. The van der Waals surface area contributed by atoms with Crippen molar-refractivity contribution in [1.29, 1.82) is 0 Å². The summed E-state index contributed by atoms with van der Waals surface area (Å²) in [5, 5.41) is 4.45. The molecule has 0 aliphatic carbocycles. The third-order valence-corrected chi connectivity index (χ3v) is 5.68. The van der Waals surface area contributed by atoms with E-state index in [0.717, 1.165) is 17.5 Å². The summed E-state index contributed by atoms with van der Waals surface area (Å²) in [6.07, 6.45) is 4.33. The highest BCUT2D eigenvalue weighted by Crippen LogP contribution is 2.26. The largest absolute Gasteiger partial charge is 0.478 e. The van der Waals surface area contributed by atoms with E-state index >= 15 is 0 Å². The summed E-state index contributed by atoms with van der Waals surface area (Å²) in [6, 6.07) is 18.5. The molecule has 2 aromatic carbocycles. The molecule has 2 unspecified atom stereocenters.